The topological polar surface area (TPSA) is 76.9 Å². The summed E-state index contributed by atoms with van der Waals surface area (Å²) in [5.74, 6) is 0.197. The van der Waals surface area contributed by atoms with Gasteiger partial charge in [-0.1, -0.05) is 29.5 Å². The largest absolute Gasteiger partial charge is 0.320 e. The number of nitrogens with zero attached hydrogens (tertiary/aromatic N) is 3. The number of amides is 1. The highest BCUT2D eigenvalue weighted by atomic mass is 32.2. The molecule has 0 aliphatic rings. The summed E-state index contributed by atoms with van der Waals surface area (Å²) in [4.78, 5) is 12.5. The van der Waals surface area contributed by atoms with E-state index >= 15 is 0 Å². The first-order chi connectivity index (χ1) is 11.6. The van der Waals surface area contributed by atoms with Gasteiger partial charge in [0.1, 0.15) is 0 Å². The van der Waals surface area contributed by atoms with Crippen LogP contribution in [0.5, 0.6) is 0 Å². The van der Waals surface area contributed by atoms with Crippen LogP contribution in [0.1, 0.15) is 15.9 Å². The van der Waals surface area contributed by atoms with Gasteiger partial charge in [0.2, 0.25) is 0 Å². The fraction of sp³-hybridized carbons (Fsp3) is 0.118. The number of nitrogens with one attached hydrogen (secondary N) is 1. The van der Waals surface area contributed by atoms with Crippen molar-refractivity contribution in [1.29, 1.82) is 0 Å². The second kappa shape index (κ2) is 7.18. The molecular formula is C17H16N4O2S. The Labute approximate surface area is 142 Å². The molecule has 0 bridgehead atoms. The molecule has 1 amide bonds. The molecule has 1 aromatic heterocycles. The van der Waals surface area contributed by atoms with Crippen LogP contribution in [-0.2, 0) is 16.6 Å². The third-order valence-corrected chi connectivity index (χ3v) is 4.12. The lowest BCUT2D eigenvalue weighted by Gasteiger charge is -2.11. The van der Waals surface area contributed by atoms with Crippen LogP contribution in [0.4, 0.5) is 5.69 Å². The van der Waals surface area contributed by atoms with Gasteiger partial charge in [-0.2, -0.15) is 0 Å². The zero-order valence-electron chi connectivity index (χ0n) is 13.0. The monoisotopic (exact) mass is 340 g/mol. The van der Waals surface area contributed by atoms with E-state index in [0.717, 1.165) is 11.3 Å². The first-order valence-electron chi connectivity index (χ1n) is 7.29. The van der Waals surface area contributed by atoms with Gasteiger partial charge in [-0.3, -0.25) is 9.00 Å². The fourth-order valence-electron chi connectivity index (χ4n) is 2.35. The normalized spacial score (nSPS) is 11.9. The van der Waals surface area contributed by atoms with Crippen molar-refractivity contribution >= 4 is 22.4 Å². The van der Waals surface area contributed by atoms with Crippen molar-refractivity contribution in [1.82, 2.24) is 15.0 Å². The Balaban J connectivity index is 1.85. The van der Waals surface area contributed by atoms with E-state index in [1.54, 1.807) is 47.6 Å². The molecule has 0 aliphatic heterocycles. The van der Waals surface area contributed by atoms with Crippen molar-refractivity contribution in [3.63, 3.8) is 0 Å². The maximum atomic E-state index is 12.5. The number of aromatic nitrogens is 3. The van der Waals surface area contributed by atoms with E-state index in [1.807, 2.05) is 24.3 Å². The van der Waals surface area contributed by atoms with Crippen LogP contribution in [0.3, 0.4) is 0 Å². The number of rotatable bonds is 5. The number of carbonyl (C=O) groups is 1. The van der Waals surface area contributed by atoms with Crippen molar-refractivity contribution in [2.75, 3.05) is 11.6 Å². The van der Waals surface area contributed by atoms with E-state index in [0.29, 0.717) is 17.0 Å². The highest BCUT2D eigenvalue weighted by Gasteiger charge is 2.11. The minimum absolute atomic E-state index is 0.230. The molecule has 6 nitrogen and oxygen atoms in total. The number of para-hydroxylation sites is 2. The highest BCUT2D eigenvalue weighted by molar-refractivity contribution is 7.83. The lowest BCUT2D eigenvalue weighted by atomic mass is 10.1. The van der Waals surface area contributed by atoms with Gasteiger partial charge in [0.05, 0.1) is 23.8 Å². The Kier molecular flexibility index (Phi) is 4.81. The molecule has 0 aliphatic carbocycles. The SMILES string of the molecule is C[S@](=O)Cc1cccc(C(=O)Nc2ccccc2-n2ccnn2)c1. The molecule has 1 heterocycles. The first kappa shape index (κ1) is 16.1. The number of hydrogen-bond donors (Lipinski definition) is 1. The maximum absolute atomic E-state index is 12.5. The first-order valence-corrected chi connectivity index (χ1v) is 9.02. The Hall–Kier alpha value is -2.80. The summed E-state index contributed by atoms with van der Waals surface area (Å²) >= 11 is 0. The Morgan fingerprint density at radius 2 is 2.04 bits per heavy atom. The molecule has 0 saturated heterocycles. The van der Waals surface area contributed by atoms with Crippen LogP contribution < -0.4 is 5.32 Å². The molecule has 0 spiro atoms. The molecule has 0 fully saturated rings. The fourth-order valence-corrected chi connectivity index (χ4v) is 3.00. The number of benzene rings is 2. The van der Waals surface area contributed by atoms with Gasteiger partial charge in [0.15, 0.2) is 0 Å². The maximum Gasteiger partial charge on any atom is 0.255 e. The van der Waals surface area contributed by atoms with Crippen molar-refractivity contribution < 1.29 is 9.00 Å². The van der Waals surface area contributed by atoms with Gasteiger partial charge >= 0.3 is 0 Å². The number of hydrogen-bond acceptors (Lipinski definition) is 4. The van der Waals surface area contributed by atoms with Gasteiger partial charge in [0, 0.05) is 28.4 Å². The Bertz CT molecular complexity index is 878. The summed E-state index contributed by atoms with van der Waals surface area (Å²) in [7, 11) is -0.950. The molecule has 2 aromatic carbocycles. The summed E-state index contributed by atoms with van der Waals surface area (Å²) in [6, 6.07) is 14.5. The van der Waals surface area contributed by atoms with Crippen LogP contribution in [0.25, 0.3) is 5.69 Å². The molecule has 24 heavy (non-hydrogen) atoms. The van der Waals surface area contributed by atoms with Gasteiger partial charge in [0.25, 0.3) is 5.91 Å². The molecule has 0 saturated carbocycles. The summed E-state index contributed by atoms with van der Waals surface area (Å²) in [6.45, 7) is 0. The third kappa shape index (κ3) is 3.75. The molecule has 7 heteroatoms. The van der Waals surface area contributed by atoms with Crippen LogP contribution in [-0.4, -0.2) is 31.4 Å². The minimum atomic E-state index is -0.950. The van der Waals surface area contributed by atoms with Crippen LogP contribution in [0.15, 0.2) is 60.9 Å². The van der Waals surface area contributed by atoms with Gasteiger partial charge < -0.3 is 5.32 Å². The van der Waals surface area contributed by atoms with Crippen molar-refractivity contribution in [3.05, 3.63) is 72.1 Å². The lowest BCUT2D eigenvalue weighted by molar-refractivity contribution is 0.102. The standard InChI is InChI=1S/C17H16N4O2S/c1-24(23)12-13-5-4-6-14(11-13)17(22)19-15-7-2-3-8-16(15)21-10-9-18-20-21/h2-11H,12H2,1H3,(H,19,22)/t24-/m0/s1. The van der Waals surface area contributed by atoms with E-state index in [-0.39, 0.29) is 5.91 Å². The van der Waals surface area contributed by atoms with Gasteiger partial charge in [-0.25, -0.2) is 4.68 Å². The van der Waals surface area contributed by atoms with Crippen LogP contribution in [0, 0.1) is 0 Å². The quantitative estimate of drug-likeness (QED) is 0.774. The third-order valence-electron chi connectivity index (χ3n) is 3.38. The molecular weight excluding hydrogens is 324 g/mol. The van der Waals surface area contributed by atoms with Gasteiger partial charge in [-0.05, 0) is 29.8 Å². The summed E-state index contributed by atoms with van der Waals surface area (Å²) in [6.07, 6.45) is 4.93. The number of carbonyl (C=O) groups excluding carboxylic acids is 1. The molecule has 1 N–H and O–H groups in total. The summed E-state index contributed by atoms with van der Waals surface area (Å²) < 4.78 is 12.9. The van der Waals surface area contributed by atoms with E-state index in [9.17, 15) is 9.00 Å². The number of anilines is 1. The Morgan fingerprint density at radius 1 is 1.21 bits per heavy atom. The average Bonchev–Trinajstić information content (AvgIpc) is 3.09. The Morgan fingerprint density at radius 3 is 2.79 bits per heavy atom. The molecule has 3 rings (SSSR count). The summed E-state index contributed by atoms with van der Waals surface area (Å²) in [5, 5.41) is 10.6. The zero-order chi connectivity index (χ0) is 16.9. The summed E-state index contributed by atoms with van der Waals surface area (Å²) in [5.41, 5.74) is 2.76. The zero-order valence-corrected chi connectivity index (χ0v) is 13.9. The predicted octanol–water partition coefficient (Wildman–Crippen LogP) is 2.40. The smallest absolute Gasteiger partial charge is 0.255 e. The molecule has 1 atom stereocenters. The van der Waals surface area contributed by atoms with E-state index in [4.69, 9.17) is 0 Å². The van der Waals surface area contributed by atoms with E-state index < -0.39 is 10.8 Å². The molecule has 122 valence electrons. The lowest BCUT2D eigenvalue weighted by Crippen LogP contribution is -2.14. The van der Waals surface area contributed by atoms with Gasteiger partial charge in [-0.15, -0.1) is 5.10 Å². The molecule has 0 unspecified atom stereocenters. The van der Waals surface area contributed by atoms with Crippen LogP contribution in [0.2, 0.25) is 0 Å². The second-order valence-electron chi connectivity index (χ2n) is 5.24. The van der Waals surface area contributed by atoms with Crippen LogP contribution >= 0.6 is 0 Å². The second-order valence-corrected chi connectivity index (χ2v) is 6.67. The van der Waals surface area contributed by atoms with Crippen molar-refractivity contribution in [2.24, 2.45) is 0 Å². The molecule has 3 aromatic rings. The van der Waals surface area contributed by atoms with E-state index in [2.05, 4.69) is 15.6 Å². The molecule has 0 radical (unpaired) electrons. The van der Waals surface area contributed by atoms with Crippen molar-refractivity contribution in [2.45, 2.75) is 5.75 Å². The minimum Gasteiger partial charge on any atom is -0.320 e. The van der Waals surface area contributed by atoms with Crippen molar-refractivity contribution in [3.8, 4) is 5.69 Å². The predicted molar refractivity (Wildman–Crippen MR) is 93.5 cm³/mol. The average molecular weight is 340 g/mol. The van der Waals surface area contributed by atoms with E-state index in [1.165, 1.54) is 0 Å². The highest BCUT2D eigenvalue weighted by Crippen LogP contribution is 2.20.